The molecule has 150 valence electrons. The number of rotatable bonds is 7. The van der Waals surface area contributed by atoms with E-state index in [1.807, 2.05) is 72.9 Å². The zero-order valence-corrected chi connectivity index (χ0v) is 17.1. The summed E-state index contributed by atoms with van der Waals surface area (Å²) in [6.45, 7) is 2.57. The number of nitrogens with one attached hydrogen (secondary N) is 1. The first-order chi connectivity index (χ1) is 14.8. The molecular formula is C26H24N2O2. The molecule has 0 aliphatic rings. The number of aromatic nitrogens is 1. The van der Waals surface area contributed by atoms with Gasteiger partial charge in [-0.2, -0.15) is 0 Å². The fraction of sp³-hybridized carbons (Fsp3) is 0.115. The van der Waals surface area contributed by atoms with Crippen molar-refractivity contribution in [2.75, 3.05) is 19.0 Å². The van der Waals surface area contributed by atoms with E-state index >= 15 is 0 Å². The molecule has 0 bridgehead atoms. The number of methoxy groups -OCH3 is 1. The van der Waals surface area contributed by atoms with E-state index in [4.69, 9.17) is 9.47 Å². The molecule has 0 aliphatic heterocycles. The van der Waals surface area contributed by atoms with Crippen molar-refractivity contribution < 1.29 is 9.47 Å². The maximum atomic E-state index is 5.78. The first-order valence-corrected chi connectivity index (χ1v) is 9.89. The Morgan fingerprint density at radius 3 is 2.53 bits per heavy atom. The molecular weight excluding hydrogens is 372 g/mol. The molecule has 0 spiro atoms. The lowest BCUT2D eigenvalue weighted by atomic mass is 10.1. The number of pyridine rings is 1. The monoisotopic (exact) mass is 396 g/mol. The van der Waals surface area contributed by atoms with Crippen molar-refractivity contribution in [3.8, 4) is 11.5 Å². The van der Waals surface area contributed by atoms with Gasteiger partial charge in [0.15, 0.2) is 0 Å². The van der Waals surface area contributed by atoms with Crippen LogP contribution in [0.5, 0.6) is 11.5 Å². The minimum atomic E-state index is 0.476. The van der Waals surface area contributed by atoms with Crippen LogP contribution in [0.25, 0.3) is 17.0 Å². The van der Waals surface area contributed by atoms with Gasteiger partial charge in [-0.15, -0.1) is 0 Å². The number of hydrogen-bond acceptors (Lipinski definition) is 4. The molecule has 1 heterocycles. The summed E-state index contributed by atoms with van der Waals surface area (Å²) in [5.74, 6) is 1.60. The number of anilines is 2. The summed E-state index contributed by atoms with van der Waals surface area (Å²) in [7, 11) is 1.67. The van der Waals surface area contributed by atoms with Gasteiger partial charge in [0.05, 0.1) is 12.8 Å². The molecule has 4 nitrogen and oxygen atoms in total. The van der Waals surface area contributed by atoms with Crippen molar-refractivity contribution in [1.29, 1.82) is 0 Å². The van der Waals surface area contributed by atoms with Crippen LogP contribution in [0.1, 0.15) is 11.1 Å². The number of fused-ring (bicyclic) bond motifs is 1. The minimum Gasteiger partial charge on any atom is -0.494 e. The standard InChI is InChI=1S/C26H24N2O2/c1-19-10-6-7-15-23(19)28-25-20(11-9-17-30-21-12-4-3-5-13-21)18-27-26-22(25)14-8-16-24(26)29-2/h3-16,18H,17H2,1-2H3,(H,27,28). The highest BCUT2D eigenvalue weighted by atomic mass is 16.5. The molecule has 1 aromatic heterocycles. The van der Waals surface area contributed by atoms with Crippen LogP contribution in [0, 0.1) is 6.92 Å². The van der Waals surface area contributed by atoms with E-state index in [2.05, 4.69) is 35.4 Å². The number of aryl methyl sites for hydroxylation is 1. The average molecular weight is 396 g/mol. The van der Waals surface area contributed by atoms with Gasteiger partial charge in [-0.3, -0.25) is 4.98 Å². The molecule has 0 saturated carbocycles. The van der Waals surface area contributed by atoms with Crippen LogP contribution in [0.3, 0.4) is 0 Å². The third-order valence-corrected chi connectivity index (χ3v) is 4.90. The Kier molecular flexibility index (Phi) is 5.95. The lowest BCUT2D eigenvalue weighted by Gasteiger charge is -2.16. The normalized spacial score (nSPS) is 11.0. The molecule has 4 rings (SSSR count). The second-order valence-electron chi connectivity index (χ2n) is 6.91. The van der Waals surface area contributed by atoms with Crippen molar-refractivity contribution in [3.05, 3.63) is 96.2 Å². The van der Waals surface area contributed by atoms with E-state index in [9.17, 15) is 0 Å². The SMILES string of the molecule is COc1cccc2c(Nc3ccccc3C)c(C=CCOc3ccccc3)cnc12. The Morgan fingerprint density at radius 1 is 0.933 bits per heavy atom. The van der Waals surface area contributed by atoms with Crippen LogP contribution in [-0.2, 0) is 0 Å². The average Bonchev–Trinajstić information content (AvgIpc) is 2.79. The quantitative estimate of drug-likeness (QED) is 0.393. The van der Waals surface area contributed by atoms with Gasteiger partial charge in [-0.25, -0.2) is 0 Å². The predicted molar refractivity (Wildman–Crippen MR) is 124 cm³/mol. The molecule has 3 aromatic carbocycles. The van der Waals surface area contributed by atoms with E-state index in [1.165, 1.54) is 5.56 Å². The Labute approximate surface area is 176 Å². The summed E-state index contributed by atoms with van der Waals surface area (Å²) in [6, 6.07) is 24.0. The van der Waals surface area contributed by atoms with Gasteiger partial charge in [-0.1, -0.05) is 54.6 Å². The van der Waals surface area contributed by atoms with Crippen molar-refractivity contribution >= 4 is 28.4 Å². The molecule has 0 unspecified atom stereocenters. The molecule has 1 N–H and O–H groups in total. The second-order valence-corrected chi connectivity index (χ2v) is 6.91. The van der Waals surface area contributed by atoms with E-state index in [0.29, 0.717) is 6.61 Å². The summed E-state index contributed by atoms with van der Waals surface area (Å²) < 4.78 is 11.3. The predicted octanol–water partition coefficient (Wildman–Crippen LogP) is 6.39. The van der Waals surface area contributed by atoms with Crippen LogP contribution < -0.4 is 14.8 Å². The van der Waals surface area contributed by atoms with Gasteiger partial charge in [0.2, 0.25) is 0 Å². The van der Waals surface area contributed by atoms with Crippen molar-refractivity contribution in [3.63, 3.8) is 0 Å². The van der Waals surface area contributed by atoms with Crippen molar-refractivity contribution in [2.45, 2.75) is 6.92 Å². The Morgan fingerprint density at radius 2 is 1.73 bits per heavy atom. The molecule has 0 fully saturated rings. The zero-order valence-electron chi connectivity index (χ0n) is 17.1. The smallest absolute Gasteiger partial charge is 0.145 e. The number of para-hydroxylation sites is 3. The Bertz CT molecular complexity index is 1170. The Hall–Kier alpha value is -3.79. The summed E-state index contributed by atoms with van der Waals surface area (Å²) in [5, 5.41) is 4.61. The highest BCUT2D eigenvalue weighted by molar-refractivity contribution is 5.99. The molecule has 30 heavy (non-hydrogen) atoms. The summed E-state index contributed by atoms with van der Waals surface area (Å²) in [4.78, 5) is 4.66. The fourth-order valence-corrected chi connectivity index (χ4v) is 3.33. The van der Waals surface area contributed by atoms with Crippen LogP contribution in [0.15, 0.2) is 85.1 Å². The van der Waals surface area contributed by atoms with Gasteiger partial charge in [0.1, 0.15) is 23.6 Å². The van der Waals surface area contributed by atoms with Gasteiger partial charge in [0.25, 0.3) is 0 Å². The number of hydrogen-bond donors (Lipinski definition) is 1. The molecule has 4 aromatic rings. The van der Waals surface area contributed by atoms with E-state index in [-0.39, 0.29) is 0 Å². The molecule has 4 heteroatoms. The summed E-state index contributed by atoms with van der Waals surface area (Å²) >= 11 is 0. The van der Waals surface area contributed by atoms with Crippen molar-refractivity contribution in [2.24, 2.45) is 0 Å². The fourth-order valence-electron chi connectivity index (χ4n) is 3.33. The molecule has 0 amide bonds. The number of nitrogens with zero attached hydrogens (tertiary/aromatic N) is 1. The van der Waals surface area contributed by atoms with Crippen LogP contribution in [-0.4, -0.2) is 18.7 Å². The van der Waals surface area contributed by atoms with Crippen LogP contribution in [0.4, 0.5) is 11.4 Å². The maximum absolute atomic E-state index is 5.78. The maximum Gasteiger partial charge on any atom is 0.145 e. The molecule has 0 aliphatic carbocycles. The largest absolute Gasteiger partial charge is 0.494 e. The topological polar surface area (TPSA) is 43.4 Å². The third-order valence-electron chi connectivity index (χ3n) is 4.90. The molecule has 0 radical (unpaired) electrons. The molecule has 0 atom stereocenters. The van der Waals surface area contributed by atoms with Gasteiger partial charge in [0, 0.05) is 22.8 Å². The van der Waals surface area contributed by atoms with E-state index in [0.717, 1.165) is 39.3 Å². The van der Waals surface area contributed by atoms with Gasteiger partial charge < -0.3 is 14.8 Å². The van der Waals surface area contributed by atoms with E-state index < -0.39 is 0 Å². The lowest BCUT2D eigenvalue weighted by molar-refractivity contribution is 0.363. The Balaban J connectivity index is 1.69. The first-order valence-electron chi connectivity index (χ1n) is 9.89. The zero-order chi connectivity index (χ0) is 20.8. The van der Waals surface area contributed by atoms with Gasteiger partial charge >= 0.3 is 0 Å². The second kappa shape index (κ2) is 9.14. The van der Waals surface area contributed by atoms with E-state index in [1.54, 1.807) is 7.11 Å². The van der Waals surface area contributed by atoms with Gasteiger partial charge in [-0.05, 0) is 42.8 Å². The first kappa shape index (κ1) is 19.5. The highest BCUT2D eigenvalue weighted by Gasteiger charge is 2.11. The number of ether oxygens (including phenoxy) is 2. The third kappa shape index (κ3) is 4.28. The highest BCUT2D eigenvalue weighted by Crippen LogP contribution is 2.34. The minimum absolute atomic E-state index is 0.476. The van der Waals surface area contributed by atoms with Crippen LogP contribution >= 0.6 is 0 Å². The number of benzene rings is 3. The lowest BCUT2D eigenvalue weighted by Crippen LogP contribution is -1.99. The molecule has 0 saturated heterocycles. The summed E-state index contributed by atoms with van der Waals surface area (Å²) in [5.41, 5.74) is 5.03. The van der Waals surface area contributed by atoms with Crippen molar-refractivity contribution in [1.82, 2.24) is 4.98 Å². The summed E-state index contributed by atoms with van der Waals surface area (Å²) in [6.07, 6.45) is 5.90. The van der Waals surface area contributed by atoms with Crippen LogP contribution in [0.2, 0.25) is 0 Å².